The SMILES string of the molecule is O=C1CCC(N2C(=O)c3cccc(N4CCC(N5CCN(c6ncc(F)c(Nc7ccc8oc(=O)ccc8c7)n6)CC5)CC4)c3C2=O)C(=O)N1. The Balaban J connectivity index is 0.888. The fourth-order valence-electron chi connectivity index (χ4n) is 7.40. The molecule has 0 bridgehead atoms. The van der Waals surface area contributed by atoms with Crippen LogP contribution in [0.25, 0.3) is 11.0 Å². The van der Waals surface area contributed by atoms with Crippen molar-refractivity contribution in [2.24, 2.45) is 0 Å². The summed E-state index contributed by atoms with van der Waals surface area (Å²) in [6, 6.07) is 12.6. The summed E-state index contributed by atoms with van der Waals surface area (Å²) in [6.45, 7) is 4.27. The summed E-state index contributed by atoms with van der Waals surface area (Å²) < 4.78 is 19.9. The molecule has 4 aliphatic heterocycles. The molecule has 0 radical (unpaired) electrons. The Morgan fingerprint density at radius 2 is 1.66 bits per heavy atom. The molecule has 4 amide bonds. The van der Waals surface area contributed by atoms with E-state index in [2.05, 4.69) is 30.4 Å². The fraction of sp³-hybridized carbons (Fsp3) is 0.343. The van der Waals surface area contributed by atoms with Crippen molar-refractivity contribution in [1.82, 2.24) is 25.1 Å². The van der Waals surface area contributed by atoms with E-state index in [-0.39, 0.29) is 24.2 Å². The van der Waals surface area contributed by atoms with E-state index in [1.807, 2.05) is 11.0 Å². The zero-order chi connectivity index (χ0) is 34.5. The van der Waals surface area contributed by atoms with Crippen LogP contribution < -0.4 is 26.1 Å². The second-order valence-electron chi connectivity index (χ2n) is 12.9. The van der Waals surface area contributed by atoms with Gasteiger partial charge in [0.05, 0.1) is 23.0 Å². The standard InChI is InChI=1S/C35H33FN8O6/c36-24-19-37-35(40-31(24)38-21-5-7-27-20(18-21)4-9-29(46)50-27)43-16-14-41(15-17-43)22-10-12-42(13-11-22)25-3-1-2-23-30(25)34(49)44(33(23)48)26-6-8-28(45)39-32(26)47/h1-5,7,9,18-19,22,26H,6,8,10-17H2,(H,37,38,40)(H,39,45,47). The normalized spacial score (nSPS) is 20.4. The number of rotatable bonds is 6. The monoisotopic (exact) mass is 680 g/mol. The molecule has 2 N–H and O–H groups in total. The van der Waals surface area contributed by atoms with Crippen LogP contribution in [0.15, 0.2) is 63.9 Å². The number of benzene rings is 2. The van der Waals surface area contributed by atoms with Crippen LogP contribution in [0.1, 0.15) is 46.4 Å². The van der Waals surface area contributed by atoms with Gasteiger partial charge in [-0.2, -0.15) is 4.98 Å². The molecule has 1 unspecified atom stereocenters. The molecule has 3 saturated heterocycles. The molecule has 0 saturated carbocycles. The first kappa shape index (κ1) is 31.6. The number of aromatic nitrogens is 2. The summed E-state index contributed by atoms with van der Waals surface area (Å²) >= 11 is 0. The minimum atomic E-state index is -1.00. The van der Waals surface area contributed by atoms with Gasteiger partial charge in [-0.25, -0.2) is 14.2 Å². The first-order valence-electron chi connectivity index (χ1n) is 16.7. The number of carbonyl (C=O) groups is 4. The zero-order valence-corrected chi connectivity index (χ0v) is 26.9. The molecule has 14 nitrogen and oxygen atoms in total. The number of anilines is 4. The largest absolute Gasteiger partial charge is 0.423 e. The summed E-state index contributed by atoms with van der Waals surface area (Å²) in [5.41, 5.74) is 1.87. The highest BCUT2D eigenvalue weighted by atomic mass is 19.1. The molecule has 8 rings (SSSR count). The Morgan fingerprint density at radius 3 is 2.44 bits per heavy atom. The van der Waals surface area contributed by atoms with Crippen molar-refractivity contribution in [3.8, 4) is 0 Å². The van der Waals surface area contributed by atoms with Crippen LogP contribution in [0.2, 0.25) is 0 Å². The molecule has 1 atom stereocenters. The highest BCUT2D eigenvalue weighted by Crippen LogP contribution is 2.36. The molecule has 50 heavy (non-hydrogen) atoms. The van der Waals surface area contributed by atoms with E-state index < -0.39 is 41.1 Å². The molecule has 4 aliphatic rings. The number of piperazine rings is 1. The molecule has 256 valence electrons. The number of fused-ring (bicyclic) bond motifs is 2. The van der Waals surface area contributed by atoms with Gasteiger partial charge in [0, 0.05) is 68.9 Å². The second-order valence-corrected chi connectivity index (χ2v) is 12.9. The number of piperidine rings is 2. The van der Waals surface area contributed by atoms with Crippen molar-refractivity contribution < 1.29 is 28.0 Å². The molecule has 0 aliphatic carbocycles. The van der Waals surface area contributed by atoms with Gasteiger partial charge in [-0.3, -0.25) is 34.3 Å². The van der Waals surface area contributed by atoms with Gasteiger partial charge in [-0.15, -0.1) is 0 Å². The number of carbonyl (C=O) groups excluding carboxylic acids is 4. The van der Waals surface area contributed by atoms with Gasteiger partial charge in [-0.1, -0.05) is 6.07 Å². The predicted octanol–water partition coefficient (Wildman–Crippen LogP) is 2.66. The van der Waals surface area contributed by atoms with Crippen LogP contribution in [0, 0.1) is 5.82 Å². The van der Waals surface area contributed by atoms with E-state index >= 15 is 0 Å². The van der Waals surface area contributed by atoms with Crippen molar-refractivity contribution in [1.29, 1.82) is 0 Å². The Morgan fingerprint density at radius 1 is 0.860 bits per heavy atom. The van der Waals surface area contributed by atoms with E-state index in [0.717, 1.165) is 37.0 Å². The Kier molecular flexibility index (Phi) is 7.98. The summed E-state index contributed by atoms with van der Waals surface area (Å²) in [5, 5.41) is 5.96. The highest BCUT2D eigenvalue weighted by Gasteiger charge is 2.46. The molecular formula is C35H33FN8O6. The molecule has 2 aromatic carbocycles. The van der Waals surface area contributed by atoms with Crippen molar-refractivity contribution in [2.45, 2.75) is 37.8 Å². The maximum atomic E-state index is 14.8. The summed E-state index contributed by atoms with van der Waals surface area (Å²) in [4.78, 5) is 78.9. The molecule has 2 aromatic heterocycles. The molecule has 3 fully saturated rings. The number of nitrogens with zero attached hydrogens (tertiary/aromatic N) is 6. The smallest absolute Gasteiger partial charge is 0.336 e. The van der Waals surface area contributed by atoms with Crippen molar-refractivity contribution in [3.05, 3.63) is 82.1 Å². The average Bonchev–Trinajstić information content (AvgIpc) is 3.38. The third-order valence-corrected chi connectivity index (χ3v) is 9.98. The van der Waals surface area contributed by atoms with Crippen molar-refractivity contribution in [2.75, 3.05) is 54.4 Å². The summed E-state index contributed by atoms with van der Waals surface area (Å²) in [5.74, 6) is -2.14. The first-order valence-corrected chi connectivity index (χ1v) is 16.7. The molecule has 4 aromatic rings. The molecule has 6 heterocycles. The number of nitrogens with one attached hydrogen (secondary N) is 2. The lowest BCUT2D eigenvalue weighted by atomic mass is 9.99. The lowest BCUT2D eigenvalue weighted by Crippen LogP contribution is -2.54. The minimum Gasteiger partial charge on any atom is -0.423 e. The number of hydrogen-bond donors (Lipinski definition) is 2. The fourth-order valence-corrected chi connectivity index (χ4v) is 7.40. The van der Waals surface area contributed by atoms with E-state index in [0.29, 0.717) is 66.1 Å². The molecular weight excluding hydrogens is 647 g/mol. The van der Waals surface area contributed by atoms with E-state index in [4.69, 9.17) is 4.42 Å². The summed E-state index contributed by atoms with van der Waals surface area (Å²) in [6.07, 6.45) is 3.07. The first-order chi connectivity index (χ1) is 24.2. The van der Waals surface area contributed by atoms with Gasteiger partial charge in [0.15, 0.2) is 11.6 Å². The van der Waals surface area contributed by atoms with Gasteiger partial charge in [-0.05, 0) is 55.7 Å². The van der Waals surface area contributed by atoms with Gasteiger partial charge >= 0.3 is 5.63 Å². The molecule has 0 spiro atoms. The lowest BCUT2D eigenvalue weighted by molar-refractivity contribution is -0.136. The summed E-state index contributed by atoms with van der Waals surface area (Å²) in [7, 11) is 0. The van der Waals surface area contributed by atoms with Gasteiger partial charge in [0.2, 0.25) is 17.8 Å². The Bertz CT molecular complexity index is 2110. The third-order valence-electron chi connectivity index (χ3n) is 9.98. The lowest BCUT2D eigenvalue weighted by Gasteiger charge is -2.43. The van der Waals surface area contributed by atoms with Gasteiger partial charge < -0.3 is 19.5 Å². The predicted molar refractivity (Wildman–Crippen MR) is 180 cm³/mol. The highest BCUT2D eigenvalue weighted by molar-refractivity contribution is 6.25. The van der Waals surface area contributed by atoms with Crippen LogP contribution in [-0.2, 0) is 9.59 Å². The topological polar surface area (TPSA) is 161 Å². The van der Waals surface area contributed by atoms with Crippen LogP contribution >= 0.6 is 0 Å². The minimum absolute atomic E-state index is 0.0503. The molecule has 15 heteroatoms. The maximum Gasteiger partial charge on any atom is 0.336 e. The number of halogens is 1. The average molecular weight is 681 g/mol. The van der Waals surface area contributed by atoms with Crippen LogP contribution in [-0.4, -0.2) is 94.7 Å². The number of amides is 4. The van der Waals surface area contributed by atoms with Crippen molar-refractivity contribution in [3.63, 3.8) is 0 Å². The van der Waals surface area contributed by atoms with E-state index in [1.165, 1.54) is 6.07 Å². The quantitative estimate of drug-likeness (QED) is 0.227. The zero-order valence-electron chi connectivity index (χ0n) is 26.9. The number of imide groups is 2. The van der Waals surface area contributed by atoms with Crippen LogP contribution in [0.4, 0.5) is 27.5 Å². The Hall–Kier alpha value is -5.70. The maximum absolute atomic E-state index is 14.8. The van der Waals surface area contributed by atoms with Crippen LogP contribution in [0.3, 0.4) is 0 Å². The number of hydrogen-bond acceptors (Lipinski definition) is 12. The van der Waals surface area contributed by atoms with E-state index in [1.54, 1.807) is 36.4 Å². The van der Waals surface area contributed by atoms with Gasteiger partial charge in [0.25, 0.3) is 11.8 Å². The van der Waals surface area contributed by atoms with Crippen LogP contribution in [0.5, 0.6) is 0 Å². The van der Waals surface area contributed by atoms with E-state index in [9.17, 15) is 28.4 Å². The van der Waals surface area contributed by atoms with Gasteiger partial charge in [0.1, 0.15) is 11.6 Å². The Labute approximate surface area is 284 Å². The van der Waals surface area contributed by atoms with Crippen molar-refractivity contribution >= 4 is 57.7 Å². The second kappa shape index (κ2) is 12.6. The third kappa shape index (κ3) is 5.72.